The minimum absolute atomic E-state index is 0. The van der Waals surface area contributed by atoms with Gasteiger partial charge in [-0.25, -0.2) is 0 Å². The van der Waals surface area contributed by atoms with Crippen LogP contribution in [0, 0.1) is 0 Å². The molecule has 0 aliphatic rings. The van der Waals surface area contributed by atoms with E-state index in [1.54, 1.807) is 0 Å². The average molecular weight is 142 g/mol. The van der Waals surface area contributed by atoms with Crippen LogP contribution < -0.4 is 0 Å². The molecule has 0 saturated carbocycles. The van der Waals surface area contributed by atoms with E-state index in [0.717, 1.165) is 6.42 Å². The molecule has 0 unspecified atom stereocenters. The van der Waals surface area contributed by atoms with Crippen LogP contribution in [-0.4, -0.2) is 29.6 Å². The fourth-order valence-electron chi connectivity index (χ4n) is 0.781. The van der Waals surface area contributed by atoms with Crippen LogP contribution in [-0.2, 0) is 6.42 Å². The molecule has 1 aromatic carbocycles. The summed E-state index contributed by atoms with van der Waals surface area (Å²) in [6.07, 6.45) is 2.89. The van der Waals surface area contributed by atoms with Crippen LogP contribution in [0.15, 0.2) is 43.0 Å². The normalized spacial score (nSPS) is 8.00. The molecule has 0 heterocycles. The van der Waals surface area contributed by atoms with Crippen LogP contribution in [0.5, 0.6) is 0 Å². The summed E-state index contributed by atoms with van der Waals surface area (Å²) in [7, 11) is 0. The van der Waals surface area contributed by atoms with E-state index in [1.165, 1.54) is 5.56 Å². The molecule has 0 N–H and O–H groups in total. The van der Waals surface area contributed by atoms with E-state index in [4.69, 9.17) is 0 Å². The first-order valence-electron chi connectivity index (χ1n) is 3.08. The molecule has 1 rings (SSSR count). The van der Waals surface area contributed by atoms with E-state index in [9.17, 15) is 0 Å². The van der Waals surface area contributed by atoms with E-state index in [1.807, 2.05) is 24.3 Å². The van der Waals surface area contributed by atoms with Crippen molar-refractivity contribution in [3.63, 3.8) is 0 Å². The molecule has 48 valence electrons. The van der Waals surface area contributed by atoms with Gasteiger partial charge in [0.05, 0.1) is 0 Å². The Balaban J connectivity index is 0.000000810. The summed E-state index contributed by atoms with van der Waals surface area (Å²) in [5.41, 5.74) is 1.33. The topological polar surface area (TPSA) is 0 Å². The average Bonchev–Trinajstić information content (AvgIpc) is 1.91. The Morgan fingerprint density at radius 3 is 2.30 bits per heavy atom. The molecule has 0 aromatic heterocycles. The Hall–Kier alpha value is -0.0400. The van der Waals surface area contributed by atoms with Crippen molar-refractivity contribution in [2.24, 2.45) is 0 Å². The van der Waals surface area contributed by atoms with Gasteiger partial charge in [0.1, 0.15) is 0 Å². The van der Waals surface area contributed by atoms with Crippen molar-refractivity contribution in [2.75, 3.05) is 0 Å². The number of benzene rings is 1. The summed E-state index contributed by atoms with van der Waals surface area (Å²) in [5.74, 6) is 0. The first-order chi connectivity index (χ1) is 4.43. The molecule has 0 fully saturated rings. The van der Waals surface area contributed by atoms with Crippen LogP contribution in [0.25, 0.3) is 0 Å². The van der Waals surface area contributed by atoms with Gasteiger partial charge < -0.3 is 0 Å². The molecule has 0 radical (unpaired) electrons. The molecule has 0 atom stereocenters. The van der Waals surface area contributed by atoms with Crippen molar-refractivity contribution >= 4 is 29.6 Å². The number of hydrogen-bond acceptors (Lipinski definition) is 0. The Morgan fingerprint density at radius 1 is 1.20 bits per heavy atom. The minimum atomic E-state index is 0. The van der Waals surface area contributed by atoms with Crippen molar-refractivity contribution in [3.8, 4) is 0 Å². The molecule has 0 amide bonds. The zero-order chi connectivity index (χ0) is 6.53. The second kappa shape index (κ2) is 5.72. The van der Waals surface area contributed by atoms with E-state index in [-0.39, 0.29) is 29.6 Å². The summed E-state index contributed by atoms with van der Waals surface area (Å²) in [6, 6.07) is 10.3. The van der Waals surface area contributed by atoms with Gasteiger partial charge in [-0.05, 0) is 12.0 Å². The molecule has 0 saturated heterocycles. The Kier molecular flexibility index (Phi) is 5.70. The summed E-state index contributed by atoms with van der Waals surface area (Å²) in [4.78, 5) is 0. The van der Waals surface area contributed by atoms with Gasteiger partial charge in [-0.3, -0.25) is 0 Å². The van der Waals surface area contributed by atoms with Gasteiger partial charge in [-0.1, -0.05) is 36.4 Å². The van der Waals surface area contributed by atoms with Crippen LogP contribution in [0.1, 0.15) is 5.56 Å². The van der Waals surface area contributed by atoms with Crippen molar-refractivity contribution in [3.05, 3.63) is 48.6 Å². The molecular weight excluding hydrogens is 131 g/mol. The molecular formula is C9H11Na. The Labute approximate surface area is 84.3 Å². The van der Waals surface area contributed by atoms with E-state index < -0.39 is 0 Å². The van der Waals surface area contributed by atoms with Gasteiger partial charge in [-0.2, -0.15) is 0 Å². The predicted molar refractivity (Wildman–Crippen MR) is 47.5 cm³/mol. The van der Waals surface area contributed by atoms with Crippen molar-refractivity contribution in [1.82, 2.24) is 0 Å². The van der Waals surface area contributed by atoms with Gasteiger partial charge in [0, 0.05) is 0 Å². The van der Waals surface area contributed by atoms with Crippen LogP contribution in [0.2, 0.25) is 0 Å². The molecule has 0 aliphatic carbocycles. The van der Waals surface area contributed by atoms with Crippen LogP contribution >= 0.6 is 0 Å². The van der Waals surface area contributed by atoms with Crippen molar-refractivity contribution in [2.45, 2.75) is 6.42 Å². The number of hydrogen-bond donors (Lipinski definition) is 0. The molecule has 0 aliphatic heterocycles. The maximum absolute atomic E-state index is 3.66. The number of rotatable bonds is 2. The second-order valence-corrected chi connectivity index (χ2v) is 1.98. The van der Waals surface area contributed by atoms with Gasteiger partial charge in [0.2, 0.25) is 0 Å². The third-order valence-corrected chi connectivity index (χ3v) is 1.22. The molecule has 0 nitrogen and oxygen atoms in total. The van der Waals surface area contributed by atoms with Gasteiger partial charge in [-0.15, -0.1) is 6.58 Å². The van der Waals surface area contributed by atoms with E-state index in [2.05, 4.69) is 18.7 Å². The summed E-state index contributed by atoms with van der Waals surface area (Å²) in [6.45, 7) is 3.66. The molecule has 1 heteroatoms. The van der Waals surface area contributed by atoms with Crippen molar-refractivity contribution in [1.29, 1.82) is 0 Å². The van der Waals surface area contributed by atoms with Gasteiger partial charge >= 0.3 is 29.6 Å². The fraction of sp³-hybridized carbons (Fsp3) is 0.111. The first kappa shape index (κ1) is 9.96. The summed E-state index contributed by atoms with van der Waals surface area (Å²) < 4.78 is 0. The quantitative estimate of drug-likeness (QED) is 0.436. The zero-order valence-electron chi connectivity index (χ0n) is 5.38. The van der Waals surface area contributed by atoms with E-state index >= 15 is 0 Å². The van der Waals surface area contributed by atoms with Gasteiger partial charge in [0.15, 0.2) is 0 Å². The van der Waals surface area contributed by atoms with Crippen molar-refractivity contribution < 1.29 is 0 Å². The van der Waals surface area contributed by atoms with Gasteiger partial charge in [0.25, 0.3) is 0 Å². The zero-order valence-corrected chi connectivity index (χ0v) is 5.38. The molecule has 10 heavy (non-hydrogen) atoms. The molecule has 1 aromatic rings. The second-order valence-electron chi connectivity index (χ2n) is 1.98. The Bertz CT molecular complexity index is 179. The number of allylic oxidation sites excluding steroid dienone is 1. The summed E-state index contributed by atoms with van der Waals surface area (Å²) >= 11 is 0. The van der Waals surface area contributed by atoms with Crippen LogP contribution in [0.3, 0.4) is 0 Å². The maximum atomic E-state index is 3.66. The third kappa shape index (κ3) is 3.21. The summed E-state index contributed by atoms with van der Waals surface area (Å²) in [5, 5.41) is 0. The SMILES string of the molecule is C=CCc1ccccc1.[NaH]. The third-order valence-electron chi connectivity index (χ3n) is 1.22. The standard InChI is InChI=1S/C9H10.Na.H/c1-2-6-9-7-4-3-5-8-9;;/h2-5,7-8H,1,6H2;;. The first-order valence-corrected chi connectivity index (χ1v) is 3.08. The molecule has 0 spiro atoms. The predicted octanol–water partition coefficient (Wildman–Crippen LogP) is 1.77. The Morgan fingerprint density at radius 2 is 1.80 bits per heavy atom. The van der Waals surface area contributed by atoms with Crippen LogP contribution in [0.4, 0.5) is 0 Å². The van der Waals surface area contributed by atoms with E-state index in [0.29, 0.717) is 0 Å². The monoisotopic (exact) mass is 142 g/mol. The molecule has 0 bridgehead atoms. The fourth-order valence-corrected chi connectivity index (χ4v) is 0.781.